The van der Waals surface area contributed by atoms with Gasteiger partial charge in [-0.3, -0.25) is 9.59 Å². The van der Waals surface area contributed by atoms with Crippen molar-refractivity contribution in [2.24, 2.45) is 0 Å². The van der Waals surface area contributed by atoms with E-state index in [1.807, 2.05) is 35.0 Å². The molecule has 4 rings (SSSR count). The molecule has 0 bridgehead atoms. The lowest BCUT2D eigenvalue weighted by Crippen LogP contribution is -2.27. The van der Waals surface area contributed by atoms with E-state index in [0.717, 1.165) is 15.8 Å². The van der Waals surface area contributed by atoms with Gasteiger partial charge in [-0.1, -0.05) is 30.3 Å². The number of aromatic nitrogens is 1. The molecule has 3 aromatic carbocycles. The van der Waals surface area contributed by atoms with Crippen LogP contribution in [0, 0.1) is 5.82 Å². The van der Waals surface area contributed by atoms with Crippen LogP contribution in [0.4, 0.5) is 10.1 Å². The number of fused-ring (bicyclic) bond motifs is 1. The number of methoxy groups -OCH3 is 2. The number of hydrogen-bond donors (Lipinski definition) is 2. The monoisotopic (exact) mass is 507 g/mol. The van der Waals surface area contributed by atoms with E-state index in [1.165, 1.54) is 31.0 Å². The molecule has 0 aliphatic rings. The highest BCUT2D eigenvalue weighted by atomic mass is 32.2. The molecule has 1 heterocycles. The quantitative estimate of drug-likeness (QED) is 0.297. The molecule has 2 N–H and O–H groups in total. The minimum atomic E-state index is -0.550. The van der Waals surface area contributed by atoms with Gasteiger partial charge in [0.05, 0.1) is 31.2 Å². The number of hydrogen-bond acceptors (Lipinski definition) is 5. The number of nitrogens with one attached hydrogen (secondary N) is 2. The maximum Gasteiger partial charge on any atom is 0.254 e. The van der Waals surface area contributed by atoms with E-state index in [9.17, 15) is 14.0 Å². The summed E-state index contributed by atoms with van der Waals surface area (Å²) >= 11 is 1.42. The lowest BCUT2D eigenvalue weighted by atomic mass is 10.2. The van der Waals surface area contributed by atoms with Gasteiger partial charge < -0.3 is 24.7 Å². The SMILES string of the molecule is COc1ccc(NC(=O)CSc2cn(CCNC(=O)c3ccccc3F)c3ccccc23)c(OC)c1. The third-order valence-corrected chi connectivity index (χ3v) is 6.59. The van der Waals surface area contributed by atoms with Crippen molar-refractivity contribution >= 4 is 40.2 Å². The average Bonchev–Trinajstić information content (AvgIpc) is 3.25. The molecule has 186 valence electrons. The molecule has 1 aromatic heterocycles. The number of benzene rings is 3. The maximum absolute atomic E-state index is 13.9. The minimum Gasteiger partial charge on any atom is -0.497 e. The Morgan fingerprint density at radius 2 is 1.78 bits per heavy atom. The van der Waals surface area contributed by atoms with Crippen molar-refractivity contribution in [3.63, 3.8) is 0 Å². The number of ether oxygens (including phenoxy) is 2. The second-order valence-electron chi connectivity index (χ2n) is 7.84. The molecule has 0 saturated carbocycles. The van der Waals surface area contributed by atoms with Crippen LogP contribution >= 0.6 is 11.8 Å². The molecule has 0 atom stereocenters. The Morgan fingerprint density at radius 1 is 1.00 bits per heavy atom. The van der Waals surface area contributed by atoms with Crippen LogP contribution in [0.1, 0.15) is 10.4 Å². The van der Waals surface area contributed by atoms with Crippen molar-refractivity contribution < 1.29 is 23.5 Å². The first-order valence-electron chi connectivity index (χ1n) is 11.3. The molecule has 4 aromatic rings. The predicted molar refractivity (Wildman–Crippen MR) is 140 cm³/mol. The number of rotatable bonds is 10. The van der Waals surface area contributed by atoms with Gasteiger partial charge in [-0.05, 0) is 30.3 Å². The fourth-order valence-electron chi connectivity index (χ4n) is 3.77. The van der Waals surface area contributed by atoms with Crippen molar-refractivity contribution in [2.45, 2.75) is 11.4 Å². The largest absolute Gasteiger partial charge is 0.497 e. The minimum absolute atomic E-state index is 0.0191. The summed E-state index contributed by atoms with van der Waals surface area (Å²) in [5.74, 6) is 0.180. The van der Waals surface area contributed by atoms with Crippen LogP contribution in [0.3, 0.4) is 0 Å². The summed E-state index contributed by atoms with van der Waals surface area (Å²) < 4.78 is 26.4. The molecule has 0 radical (unpaired) electrons. The van der Waals surface area contributed by atoms with Gasteiger partial charge in [0.2, 0.25) is 5.91 Å². The van der Waals surface area contributed by atoms with Gasteiger partial charge in [-0.25, -0.2) is 4.39 Å². The molecular weight excluding hydrogens is 481 g/mol. The van der Waals surface area contributed by atoms with E-state index < -0.39 is 11.7 Å². The molecule has 2 amide bonds. The van der Waals surface area contributed by atoms with Crippen LogP contribution in [0.5, 0.6) is 11.5 Å². The van der Waals surface area contributed by atoms with Crippen LogP contribution in [-0.2, 0) is 11.3 Å². The number of halogens is 1. The molecule has 0 fully saturated rings. The molecular formula is C27H26FN3O4S. The first kappa shape index (κ1) is 25.1. The Kier molecular flexibility index (Phi) is 8.12. The van der Waals surface area contributed by atoms with Gasteiger partial charge in [0.1, 0.15) is 17.3 Å². The van der Waals surface area contributed by atoms with Crippen molar-refractivity contribution in [3.8, 4) is 11.5 Å². The number of amides is 2. The highest BCUT2D eigenvalue weighted by Crippen LogP contribution is 2.32. The van der Waals surface area contributed by atoms with Gasteiger partial charge in [0, 0.05) is 41.2 Å². The van der Waals surface area contributed by atoms with Gasteiger partial charge in [0.15, 0.2) is 0 Å². The fourth-order valence-corrected chi connectivity index (χ4v) is 4.66. The molecule has 0 unspecified atom stereocenters. The molecule has 0 aliphatic carbocycles. The zero-order chi connectivity index (χ0) is 25.5. The van der Waals surface area contributed by atoms with Crippen LogP contribution < -0.4 is 20.1 Å². The van der Waals surface area contributed by atoms with Crippen LogP contribution in [0.25, 0.3) is 10.9 Å². The van der Waals surface area contributed by atoms with Crippen LogP contribution in [-0.4, -0.2) is 42.9 Å². The summed E-state index contributed by atoms with van der Waals surface area (Å²) in [4.78, 5) is 25.9. The van der Waals surface area contributed by atoms with Crippen LogP contribution in [0.15, 0.2) is 77.8 Å². The Labute approximate surface area is 212 Å². The number of carbonyl (C=O) groups excluding carboxylic acids is 2. The number of anilines is 1. The summed E-state index contributed by atoms with van der Waals surface area (Å²) in [5, 5.41) is 6.66. The predicted octanol–water partition coefficient (Wildman–Crippen LogP) is 4.96. The molecule has 0 spiro atoms. The van der Waals surface area contributed by atoms with E-state index >= 15 is 0 Å². The molecule has 7 nitrogen and oxygen atoms in total. The number of carbonyl (C=O) groups is 2. The molecule has 0 aliphatic heterocycles. The average molecular weight is 508 g/mol. The summed E-state index contributed by atoms with van der Waals surface area (Å²) in [6, 6.07) is 19.0. The topological polar surface area (TPSA) is 81.6 Å². The normalized spacial score (nSPS) is 10.8. The summed E-state index contributed by atoms with van der Waals surface area (Å²) in [7, 11) is 3.10. The van der Waals surface area contributed by atoms with Crippen molar-refractivity contribution in [1.82, 2.24) is 9.88 Å². The zero-order valence-electron chi connectivity index (χ0n) is 19.9. The number of nitrogens with zero attached hydrogens (tertiary/aromatic N) is 1. The molecule has 0 saturated heterocycles. The fraction of sp³-hybridized carbons (Fsp3) is 0.185. The third-order valence-electron chi connectivity index (χ3n) is 5.55. The highest BCUT2D eigenvalue weighted by Gasteiger charge is 2.14. The zero-order valence-corrected chi connectivity index (χ0v) is 20.7. The van der Waals surface area contributed by atoms with E-state index in [1.54, 1.807) is 37.4 Å². The van der Waals surface area contributed by atoms with Crippen molar-refractivity contribution in [2.75, 3.05) is 31.8 Å². The lowest BCUT2D eigenvalue weighted by molar-refractivity contribution is -0.113. The van der Waals surface area contributed by atoms with Crippen molar-refractivity contribution in [3.05, 3.63) is 84.3 Å². The van der Waals surface area contributed by atoms with Gasteiger partial charge in [0.25, 0.3) is 5.91 Å². The first-order valence-corrected chi connectivity index (χ1v) is 12.2. The van der Waals surface area contributed by atoms with Gasteiger partial charge >= 0.3 is 0 Å². The van der Waals surface area contributed by atoms with Gasteiger partial charge in [-0.15, -0.1) is 11.8 Å². The summed E-state index contributed by atoms with van der Waals surface area (Å²) in [5.41, 5.74) is 1.57. The second kappa shape index (κ2) is 11.6. The Hall–Kier alpha value is -3.98. The smallest absolute Gasteiger partial charge is 0.254 e. The standard InChI is InChI=1S/C27H26FN3O4S/c1-34-18-11-12-22(24(15-18)35-2)30-26(32)17-36-25-16-31(23-10-6-4-8-20(23)25)14-13-29-27(33)19-7-3-5-9-21(19)28/h3-12,15-16H,13-14,17H2,1-2H3,(H,29,33)(H,30,32). The first-order chi connectivity index (χ1) is 17.5. The highest BCUT2D eigenvalue weighted by molar-refractivity contribution is 8.00. The Bertz CT molecular complexity index is 1390. The number of para-hydroxylation sites is 1. The lowest BCUT2D eigenvalue weighted by Gasteiger charge is -2.11. The van der Waals surface area contributed by atoms with Crippen molar-refractivity contribution in [1.29, 1.82) is 0 Å². The van der Waals surface area contributed by atoms with E-state index in [-0.39, 0.29) is 17.2 Å². The van der Waals surface area contributed by atoms with E-state index in [0.29, 0.717) is 30.3 Å². The molecule has 9 heteroatoms. The Balaban J connectivity index is 1.40. The van der Waals surface area contributed by atoms with E-state index in [4.69, 9.17) is 9.47 Å². The third kappa shape index (κ3) is 5.80. The maximum atomic E-state index is 13.9. The molecule has 36 heavy (non-hydrogen) atoms. The van der Waals surface area contributed by atoms with Crippen LogP contribution in [0.2, 0.25) is 0 Å². The Morgan fingerprint density at radius 3 is 2.56 bits per heavy atom. The van der Waals surface area contributed by atoms with E-state index in [2.05, 4.69) is 10.6 Å². The second-order valence-corrected chi connectivity index (χ2v) is 8.86. The summed E-state index contributed by atoms with van der Waals surface area (Å²) in [6.07, 6.45) is 1.96. The van der Waals surface area contributed by atoms with Gasteiger partial charge in [-0.2, -0.15) is 0 Å². The number of thioether (sulfide) groups is 1. The summed E-state index contributed by atoms with van der Waals surface area (Å²) in [6.45, 7) is 0.824.